The minimum Gasteiger partial charge on any atom is -0.384 e. The summed E-state index contributed by atoms with van der Waals surface area (Å²) in [5.74, 6) is 0.550. The Labute approximate surface area is 107 Å². The third kappa shape index (κ3) is 2.57. The van der Waals surface area contributed by atoms with Crippen molar-refractivity contribution in [2.45, 2.75) is 25.0 Å². The number of rotatable bonds is 3. The van der Waals surface area contributed by atoms with Gasteiger partial charge in [-0.2, -0.15) is 0 Å². The van der Waals surface area contributed by atoms with Gasteiger partial charge in [0.25, 0.3) is 0 Å². The van der Waals surface area contributed by atoms with E-state index in [0.717, 1.165) is 25.4 Å². The minimum atomic E-state index is 0.275. The number of nitrogens with zero attached hydrogens (tertiary/aromatic N) is 2. The monoisotopic (exact) mass is 248 g/mol. The molecule has 5 heteroatoms. The molecule has 0 saturated carbocycles. The van der Waals surface area contributed by atoms with E-state index in [0.29, 0.717) is 11.9 Å². The van der Waals surface area contributed by atoms with Gasteiger partial charge in [-0.25, -0.2) is 4.98 Å². The summed E-state index contributed by atoms with van der Waals surface area (Å²) >= 11 is 0. The maximum Gasteiger partial charge on any atom is 0.123 e. The molecule has 1 aromatic rings. The number of morpholine rings is 1. The van der Waals surface area contributed by atoms with E-state index in [9.17, 15) is 0 Å². The van der Waals surface area contributed by atoms with E-state index >= 15 is 0 Å². The molecule has 2 unspecified atom stereocenters. The molecule has 98 valence electrons. The quantitative estimate of drug-likeness (QED) is 0.833. The Hall–Kier alpha value is -1.33. The van der Waals surface area contributed by atoms with Crippen LogP contribution in [-0.4, -0.2) is 48.3 Å². The first-order valence-corrected chi connectivity index (χ1v) is 6.62. The highest BCUT2D eigenvalue weighted by atomic mass is 16.5. The van der Waals surface area contributed by atoms with Crippen molar-refractivity contribution in [2.24, 2.45) is 0 Å². The van der Waals surface area contributed by atoms with Gasteiger partial charge in [0, 0.05) is 19.1 Å². The summed E-state index contributed by atoms with van der Waals surface area (Å²) in [5.41, 5.74) is 6.55. The zero-order valence-electron chi connectivity index (χ0n) is 10.5. The van der Waals surface area contributed by atoms with Gasteiger partial charge < -0.3 is 15.8 Å². The standard InChI is InChI=1S/C13H20N4O/c14-13-4-3-10(6-16-13)15-7-12-8-17-5-1-2-11(17)9-18-12/h3-4,6,11-12,15H,1-2,5,7-9H2,(H2,14,16). The Morgan fingerprint density at radius 3 is 3.28 bits per heavy atom. The number of pyridine rings is 1. The average molecular weight is 248 g/mol. The van der Waals surface area contributed by atoms with Gasteiger partial charge in [0.2, 0.25) is 0 Å². The SMILES string of the molecule is Nc1ccc(NCC2CN3CCCC3CO2)cn1. The molecule has 0 radical (unpaired) electrons. The molecule has 2 fully saturated rings. The maximum absolute atomic E-state index is 5.89. The third-order valence-corrected chi connectivity index (χ3v) is 3.78. The molecule has 18 heavy (non-hydrogen) atoms. The summed E-state index contributed by atoms with van der Waals surface area (Å²) in [7, 11) is 0. The lowest BCUT2D eigenvalue weighted by molar-refractivity contribution is -0.0415. The summed E-state index contributed by atoms with van der Waals surface area (Å²) < 4.78 is 5.89. The number of ether oxygens (including phenoxy) is 1. The third-order valence-electron chi connectivity index (χ3n) is 3.78. The van der Waals surface area contributed by atoms with Gasteiger partial charge in [0.1, 0.15) is 5.82 Å². The van der Waals surface area contributed by atoms with Gasteiger partial charge in [0.15, 0.2) is 0 Å². The number of anilines is 2. The van der Waals surface area contributed by atoms with Crippen molar-refractivity contribution in [3.05, 3.63) is 18.3 Å². The first-order valence-electron chi connectivity index (χ1n) is 6.62. The van der Waals surface area contributed by atoms with E-state index < -0.39 is 0 Å². The molecular formula is C13H20N4O. The number of fused-ring (bicyclic) bond motifs is 1. The Kier molecular flexibility index (Phi) is 3.34. The average Bonchev–Trinajstić information content (AvgIpc) is 2.85. The topological polar surface area (TPSA) is 63.4 Å². The van der Waals surface area contributed by atoms with E-state index in [2.05, 4.69) is 15.2 Å². The van der Waals surface area contributed by atoms with Crippen LogP contribution in [0.15, 0.2) is 18.3 Å². The second-order valence-corrected chi connectivity index (χ2v) is 5.10. The van der Waals surface area contributed by atoms with Crippen molar-refractivity contribution in [2.75, 3.05) is 37.3 Å². The molecule has 0 spiro atoms. The molecular weight excluding hydrogens is 228 g/mol. The van der Waals surface area contributed by atoms with Crippen molar-refractivity contribution < 1.29 is 4.74 Å². The van der Waals surface area contributed by atoms with Crippen molar-refractivity contribution in [1.82, 2.24) is 9.88 Å². The molecule has 0 aliphatic carbocycles. The van der Waals surface area contributed by atoms with Crippen LogP contribution in [0.5, 0.6) is 0 Å². The van der Waals surface area contributed by atoms with Crippen LogP contribution in [0.25, 0.3) is 0 Å². The largest absolute Gasteiger partial charge is 0.384 e. The molecule has 0 bridgehead atoms. The summed E-state index contributed by atoms with van der Waals surface area (Å²) in [6.45, 7) is 3.98. The molecule has 3 rings (SSSR count). The second kappa shape index (κ2) is 5.12. The summed E-state index contributed by atoms with van der Waals surface area (Å²) in [6, 6.07) is 4.42. The fourth-order valence-electron chi connectivity index (χ4n) is 2.75. The van der Waals surface area contributed by atoms with E-state index in [4.69, 9.17) is 10.5 Å². The van der Waals surface area contributed by atoms with E-state index in [-0.39, 0.29) is 6.10 Å². The van der Waals surface area contributed by atoms with E-state index in [1.54, 1.807) is 12.3 Å². The predicted molar refractivity (Wildman–Crippen MR) is 71.5 cm³/mol. The van der Waals surface area contributed by atoms with Crippen LogP contribution in [0.4, 0.5) is 11.5 Å². The van der Waals surface area contributed by atoms with Gasteiger partial charge >= 0.3 is 0 Å². The highest BCUT2D eigenvalue weighted by molar-refractivity contribution is 5.45. The Morgan fingerprint density at radius 2 is 2.44 bits per heavy atom. The highest BCUT2D eigenvalue weighted by Gasteiger charge is 2.31. The lowest BCUT2D eigenvalue weighted by Gasteiger charge is -2.35. The molecule has 2 aliphatic rings. The van der Waals surface area contributed by atoms with Crippen LogP contribution >= 0.6 is 0 Å². The minimum absolute atomic E-state index is 0.275. The van der Waals surface area contributed by atoms with Gasteiger partial charge in [-0.15, -0.1) is 0 Å². The van der Waals surface area contributed by atoms with Crippen LogP contribution in [0.3, 0.4) is 0 Å². The number of nitrogens with two attached hydrogens (primary N) is 1. The van der Waals surface area contributed by atoms with Gasteiger partial charge in [-0.05, 0) is 31.5 Å². The molecule has 3 N–H and O–H groups in total. The zero-order chi connectivity index (χ0) is 12.4. The fourth-order valence-corrected chi connectivity index (χ4v) is 2.75. The molecule has 0 aromatic carbocycles. The lowest BCUT2D eigenvalue weighted by Crippen LogP contribution is -2.48. The number of aromatic nitrogens is 1. The molecule has 5 nitrogen and oxygen atoms in total. The molecule has 0 amide bonds. The van der Waals surface area contributed by atoms with Gasteiger partial charge in [0.05, 0.1) is 24.6 Å². The maximum atomic E-state index is 5.89. The normalized spacial score (nSPS) is 28.0. The van der Waals surface area contributed by atoms with E-state index in [1.165, 1.54) is 19.4 Å². The number of nitrogens with one attached hydrogen (secondary N) is 1. The number of nitrogen functional groups attached to an aromatic ring is 1. The number of hydrogen-bond donors (Lipinski definition) is 2. The first-order chi connectivity index (χ1) is 8.81. The lowest BCUT2D eigenvalue weighted by atomic mass is 10.2. The van der Waals surface area contributed by atoms with Gasteiger partial charge in [-0.3, -0.25) is 4.90 Å². The fraction of sp³-hybridized carbons (Fsp3) is 0.615. The predicted octanol–water partition coefficient (Wildman–Crippen LogP) is 0.939. The molecule has 2 atom stereocenters. The summed E-state index contributed by atoms with van der Waals surface area (Å²) in [6.07, 6.45) is 4.64. The van der Waals surface area contributed by atoms with Crippen LogP contribution < -0.4 is 11.1 Å². The van der Waals surface area contributed by atoms with Crippen molar-refractivity contribution in [3.63, 3.8) is 0 Å². The smallest absolute Gasteiger partial charge is 0.123 e. The summed E-state index contributed by atoms with van der Waals surface area (Å²) in [5, 5.41) is 3.35. The van der Waals surface area contributed by atoms with E-state index in [1.807, 2.05) is 6.07 Å². The van der Waals surface area contributed by atoms with Crippen molar-refractivity contribution in [3.8, 4) is 0 Å². The van der Waals surface area contributed by atoms with Gasteiger partial charge in [-0.1, -0.05) is 0 Å². The molecule has 1 aromatic heterocycles. The van der Waals surface area contributed by atoms with Crippen LogP contribution in [-0.2, 0) is 4.74 Å². The Bertz CT molecular complexity index is 394. The second-order valence-electron chi connectivity index (χ2n) is 5.10. The molecule has 2 saturated heterocycles. The van der Waals surface area contributed by atoms with Crippen LogP contribution in [0.2, 0.25) is 0 Å². The zero-order valence-corrected chi connectivity index (χ0v) is 10.5. The summed E-state index contributed by atoms with van der Waals surface area (Å²) in [4.78, 5) is 6.61. The van der Waals surface area contributed by atoms with Crippen molar-refractivity contribution in [1.29, 1.82) is 0 Å². The highest BCUT2D eigenvalue weighted by Crippen LogP contribution is 2.22. The number of hydrogen-bond acceptors (Lipinski definition) is 5. The first kappa shape index (κ1) is 11.7. The van der Waals surface area contributed by atoms with Crippen LogP contribution in [0, 0.1) is 0 Å². The molecule has 2 aliphatic heterocycles. The Balaban J connectivity index is 1.50. The van der Waals surface area contributed by atoms with Crippen molar-refractivity contribution >= 4 is 11.5 Å². The van der Waals surface area contributed by atoms with Crippen LogP contribution in [0.1, 0.15) is 12.8 Å². The molecule has 3 heterocycles. The Morgan fingerprint density at radius 1 is 1.50 bits per heavy atom.